The molecule has 2 rings (SSSR count). The summed E-state index contributed by atoms with van der Waals surface area (Å²) >= 11 is 0. The van der Waals surface area contributed by atoms with Gasteiger partial charge in [0.15, 0.2) is 0 Å². The molecule has 5 heteroatoms. The van der Waals surface area contributed by atoms with Crippen LogP contribution in [0, 0.1) is 5.92 Å². The zero-order valence-corrected chi connectivity index (χ0v) is 14.4. The summed E-state index contributed by atoms with van der Waals surface area (Å²) in [6.45, 7) is 7.03. The van der Waals surface area contributed by atoms with Gasteiger partial charge in [-0.25, -0.2) is 4.79 Å². The highest BCUT2D eigenvalue weighted by atomic mass is 16.5. The van der Waals surface area contributed by atoms with Crippen LogP contribution in [0.2, 0.25) is 0 Å². The molecule has 1 saturated heterocycles. The molecule has 2 amide bonds. The molecule has 2 aliphatic rings. The Kier molecular flexibility index (Phi) is 6.96. The molecule has 1 aliphatic heterocycles. The van der Waals surface area contributed by atoms with Gasteiger partial charge in [-0.3, -0.25) is 0 Å². The van der Waals surface area contributed by atoms with Crippen molar-refractivity contribution in [2.75, 3.05) is 26.7 Å². The number of nitrogens with one attached hydrogen (secondary N) is 2. The van der Waals surface area contributed by atoms with E-state index in [1.165, 1.54) is 25.7 Å². The van der Waals surface area contributed by atoms with Gasteiger partial charge >= 0.3 is 6.03 Å². The molecule has 0 aromatic carbocycles. The summed E-state index contributed by atoms with van der Waals surface area (Å²) in [5, 5.41) is 6.06. The first-order valence-corrected chi connectivity index (χ1v) is 8.91. The van der Waals surface area contributed by atoms with E-state index < -0.39 is 0 Å². The molecule has 1 aliphatic carbocycles. The van der Waals surface area contributed by atoms with Crippen LogP contribution in [0.3, 0.4) is 0 Å². The van der Waals surface area contributed by atoms with E-state index in [-0.39, 0.29) is 12.1 Å². The second-order valence-electron chi connectivity index (χ2n) is 7.12. The third-order valence-corrected chi connectivity index (χ3v) is 5.22. The number of hydrogen-bond donors (Lipinski definition) is 2. The van der Waals surface area contributed by atoms with Gasteiger partial charge in [-0.15, -0.1) is 0 Å². The van der Waals surface area contributed by atoms with E-state index in [1.54, 1.807) is 7.11 Å². The molecule has 0 spiro atoms. The maximum atomic E-state index is 12.0. The lowest BCUT2D eigenvalue weighted by Gasteiger charge is -2.36. The molecule has 0 radical (unpaired) electrons. The number of piperidine rings is 1. The van der Waals surface area contributed by atoms with Crippen LogP contribution in [-0.2, 0) is 4.74 Å². The molecule has 1 heterocycles. The summed E-state index contributed by atoms with van der Waals surface area (Å²) < 4.78 is 5.37. The number of likely N-dealkylation sites (tertiary alicyclic amines) is 1. The monoisotopic (exact) mass is 311 g/mol. The minimum atomic E-state index is -0.0537. The summed E-state index contributed by atoms with van der Waals surface area (Å²) in [4.78, 5) is 14.6. The van der Waals surface area contributed by atoms with Crippen molar-refractivity contribution in [3.63, 3.8) is 0 Å². The van der Waals surface area contributed by atoms with Crippen LogP contribution in [0.1, 0.15) is 52.4 Å². The first kappa shape index (κ1) is 17.5. The number of methoxy groups -OCH3 is 1. The van der Waals surface area contributed by atoms with Crippen LogP contribution in [0.15, 0.2) is 0 Å². The minimum absolute atomic E-state index is 0.0537. The quantitative estimate of drug-likeness (QED) is 0.792. The maximum Gasteiger partial charge on any atom is 0.315 e. The van der Waals surface area contributed by atoms with E-state index in [2.05, 4.69) is 29.4 Å². The molecule has 22 heavy (non-hydrogen) atoms. The van der Waals surface area contributed by atoms with Gasteiger partial charge in [0.1, 0.15) is 0 Å². The normalized spacial score (nSPS) is 22.9. The van der Waals surface area contributed by atoms with E-state index in [0.29, 0.717) is 18.5 Å². The first-order chi connectivity index (χ1) is 10.6. The Balaban J connectivity index is 1.63. The molecule has 5 nitrogen and oxygen atoms in total. The molecule has 0 bridgehead atoms. The van der Waals surface area contributed by atoms with Gasteiger partial charge in [0.25, 0.3) is 0 Å². The predicted octanol–water partition coefficient (Wildman–Crippen LogP) is 2.36. The largest absolute Gasteiger partial charge is 0.379 e. The Morgan fingerprint density at radius 2 is 1.82 bits per heavy atom. The average molecular weight is 311 g/mol. The fourth-order valence-corrected chi connectivity index (χ4v) is 3.70. The van der Waals surface area contributed by atoms with Crippen LogP contribution >= 0.6 is 0 Å². The smallest absolute Gasteiger partial charge is 0.315 e. The molecular formula is C17H33N3O2. The maximum absolute atomic E-state index is 12.0. The number of rotatable bonds is 6. The Labute approximate surface area is 135 Å². The van der Waals surface area contributed by atoms with Crippen LogP contribution in [0.25, 0.3) is 0 Å². The molecular weight excluding hydrogens is 278 g/mol. The van der Waals surface area contributed by atoms with Gasteiger partial charge in [-0.2, -0.15) is 0 Å². The summed E-state index contributed by atoms with van der Waals surface area (Å²) in [6.07, 6.45) is 7.74. The van der Waals surface area contributed by atoms with Crippen molar-refractivity contribution in [3.8, 4) is 0 Å². The molecule has 2 N–H and O–H groups in total. The Bertz CT molecular complexity index is 335. The lowest BCUT2D eigenvalue weighted by Crippen LogP contribution is -2.50. The average Bonchev–Trinajstić information content (AvgIpc) is 3.02. The van der Waals surface area contributed by atoms with Gasteiger partial charge in [0, 0.05) is 38.8 Å². The van der Waals surface area contributed by atoms with Crippen molar-refractivity contribution in [1.82, 2.24) is 15.5 Å². The van der Waals surface area contributed by atoms with Gasteiger partial charge in [-0.1, -0.05) is 26.7 Å². The lowest BCUT2D eigenvalue weighted by atomic mass is 10.0. The second kappa shape index (κ2) is 8.73. The van der Waals surface area contributed by atoms with E-state index in [9.17, 15) is 4.79 Å². The van der Waals surface area contributed by atoms with Crippen molar-refractivity contribution in [2.24, 2.45) is 5.92 Å². The summed E-state index contributed by atoms with van der Waals surface area (Å²) in [5.74, 6) is 0.403. The summed E-state index contributed by atoms with van der Waals surface area (Å²) in [5.41, 5.74) is 0. The third kappa shape index (κ3) is 5.13. The fraction of sp³-hybridized carbons (Fsp3) is 0.941. The van der Waals surface area contributed by atoms with Gasteiger partial charge < -0.3 is 20.3 Å². The number of urea groups is 1. The van der Waals surface area contributed by atoms with Gasteiger partial charge in [-0.05, 0) is 31.6 Å². The Hall–Kier alpha value is -0.810. The van der Waals surface area contributed by atoms with E-state index in [4.69, 9.17) is 4.74 Å². The minimum Gasteiger partial charge on any atom is -0.379 e. The van der Waals surface area contributed by atoms with Crippen molar-refractivity contribution in [2.45, 2.75) is 70.6 Å². The first-order valence-electron chi connectivity index (χ1n) is 8.91. The molecule has 2 fully saturated rings. The molecule has 0 aromatic rings. The third-order valence-electron chi connectivity index (χ3n) is 5.22. The molecule has 1 atom stereocenters. The molecule has 0 unspecified atom stereocenters. The van der Waals surface area contributed by atoms with E-state index >= 15 is 0 Å². The van der Waals surface area contributed by atoms with Gasteiger partial charge in [0.2, 0.25) is 0 Å². The Morgan fingerprint density at radius 1 is 1.18 bits per heavy atom. The predicted molar refractivity (Wildman–Crippen MR) is 89.0 cm³/mol. The number of amides is 2. The number of carbonyl (C=O) groups excluding carboxylic acids is 1. The van der Waals surface area contributed by atoms with Gasteiger partial charge in [0.05, 0.1) is 6.10 Å². The van der Waals surface area contributed by atoms with Crippen LogP contribution in [0.5, 0.6) is 0 Å². The van der Waals surface area contributed by atoms with Crippen molar-refractivity contribution in [1.29, 1.82) is 0 Å². The zero-order valence-electron chi connectivity index (χ0n) is 14.4. The number of ether oxygens (including phenoxy) is 1. The highest BCUT2D eigenvalue weighted by molar-refractivity contribution is 5.74. The van der Waals surface area contributed by atoms with Crippen molar-refractivity contribution in [3.05, 3.63) is 0 Å². The highest BCUT2D eigenvalue weighted by Gasteiger charge is 2.27. The second-order valence-corrected chi connectivity index (χ2v) is 7.12. The highest BCUT2D eigenvalue weighted by Crippen LogP contribution is 2.26. The number of hydrogen-bond acceptors (Lipinski definition) is 3. The lowest BCUT2D eigenvalue weighted by molar-refractivity contribution is 0.0663. The fourth-order valence-electron chi connectivity index (χ4n) is 3.70. The van der Waals surface area contributed by atoms with E-state index in [0.717, 1.165) is 32.0 Å². The van der Waals surface area contributed by atoms with Crippen LogP contribution < -0.4 is 10.6 Å². The molecule has 128 valence electrons. The van der Waals surface area contributed by atoms with E-state index in [1.807, 2.05) is 0 Å². The number of carbonyl (C=O) groups is 1. The van der Waals surface area contributed by atoms with Crippen LogP contribution in [-0.4, -0.2) is 55.9 Å². The topological polar surface area (TPSA) is 53.6 Å². The SMILES string of the molecule is CO[C@@H](CNC(=O)NC1CCN(C2CCCC2)CC1)C(C)C. The van der Waals surface area contributed by atoms with Crippen molar-refractivity contribution >= 4 is 6.03 Å². The standard InChI is InChI=1S/C17H33N3O2/c1-13(2)16(22-3)12-18-17(21)19-14-8-10-20(11-9-14)15-6-4-5-7-15/h13-16H,4-12H2,1-3H3,(H2,18,19,21)/t16-/m0/s1. The molecule has 1 saturated carbocycles. The summed E-state index contributed by atoms with van der Waals surface area (Å²) in [6, 6.07) is 1.07. The number of nitrogens with zero attached hydrogens (tertiary/aromatic N) is 1. The Morgan fingerprint density at radius 3 is 2.36 bits per heavy atom. The van der Waals surface area contributed by atoms with Crippen LogP contribution in [0.4, 0.5) is 4.79 Å². The molecule has 0 aromatic heterocycles. The van der Waals surface area contributed by atoms with Crippen molar-refractivity contribution < 1.29 is 9.53 Å². The zero-order chi connectivity index (χ0) is 15.9. The summed E-state index contributed by atoms with van der Waals surface area (Å²) in [7, 11) is 1.70.